The number of nitrogens with zero attached hydrogens (tertiary/aromatic N) is 4. The molecule has 0 unspecified atom stereocenters. The normalized spacial score (nSPS) is 11.8. The largest absolute Gasteiger partial charge is 0.310 e. The molecule has 0 amide bonds. The van der Waals surface area contributed by atoms with Crippen molar-refractivity contribution in [3.8, 4) is 89.3 Å². The van der Waals surface area contributed by atoms with Crippen molar-refractivity contribution < 1.29 is 0 Å². The molecule has 24 rings (SSSR count). The first-order valence-corrected chi connectivity index (χ1v) is 43.4. The Balaban J connectivity index is 0.596. The quantitative estimate of drug-likeness (QED) is 0.102. The molecule has 0 atom stereocenters. The van der Waals surface area contributed by atoms with E-state index in [-0.39, 0.29) is 0 Å². The fourth-order valence-corrected chi connectivity index (χ4v) is 21.4. The highest BCUT2D eigenvalue weighted by Gasteiger charge is 2.25. The van der Waals surface area contributed by atoms with Crippen LogP contribution in [0.15, 0.2) is 449 Å². The van der Waals surface area contributed by atoms with Crippen molar-refractivity contribution >= 4 is 162 Å². The van der Waals surface area contributed by atoms with Gasteiger partial charge in [-0.05, 0) is 229 Å². The van der Waals surface area contributed by atoms with Gasteiger partial charge in [0.05, 0.1) is 27.8 Å². The monoisotopic (exact) mass is 1590 g/mol. The van der Waals surface area contributed by atoms with E-state index < -0.39 is 0 Å². The van der Waals surface area contributed by atoms with E-state index in [1.165, 1.54) is 128 Å². The molecular formula is C116H74N4S2. The van der Waals surface area contributed by atoms with Gasteiger partial charge in [0.2, 0.25) is 0 Å². The summed E-state index contributed by atoms with van der Waals surface area (Å²) in [5.74, 6) is 0. The zero-order valence-electron chi connectivity index (χ0n) is 66.3. The highest BCUT2D eigenvalue weighted by molar-refractivity contribution is 7.26. The van der Waals surface area contributed by atoms with E-state index in [0.29, 0.717) is 0 Å². The van der Waals surface area contributed by atoms with Gasteiger partial charge in [-0.15, -0.1) is 22.7 Å². The van der Waals surface area contributed by atoms with Gasteiger partial charge in [0.1, 0.15) is 0 Å². The second-order valence-electron chi connectivity index (χ2n) is 31.9. The Morgan fingerprint density at radius 3 is 1.06 bits per heavy atom. The SMILES string of the molecule is c1ccc(-c2ccc(N(c3ccc(-c4cc(-n5c6ccccc6c6cc(-c7ccc(-c8cc(-c9ccccc9)cc(N(c9ccc(-c%10cc(-n%11c%12ccccc%12c%12cc(-c%13ccccc%13)ccc%12%11)cc%11c%10sc%10ccccc%10%11)cc9)c9cccc%10ccccc9%10)c8)cc7)ccc65)cc5c4sc4ccccc45)cc3)c3ccc4ccccc4c3)cc2)cc1. The second-order valence-corrected chi connectivity index (χ2v) is 34.0. The van der Waals surface area contributed by atoms with Crippen LogP contribution in [0.5, 0.6) is 0 Å². The van der Waals surface area contributed by atoms with Crippen LogP contribution in [0.25, 0.3) is 195 Å². The summed E-state index contributed by atoms with van der Waals surface area (Å²) in [6, 6.07) is 167. The van der Waals surface area contributed by atoms with Crippen molar-refractivity contribution in [2.24, 2.45) is 0 Å². The molecule has 0 N–H and O–H groups in total. The summed E-state index contributed by atoms with van der Waals surface area (Å²) in [6.45, 7) is 0. The Hall–Kier alpha value is -15.4. The number of hydrogen-bond donors (Lipinski definition) is 0. The van der Waals surface area contributed by atoms with E-state index in [2.05, 4.69) is 468 Å². The molecule has 0 saturated heterocycles. The topological polar surface area (TPSA) is 16.3 Å². The van der Waals surface area contributed by atoms with E-state index in [0.717, 1.165) is 101 Å². The lowest BCUT2D eigenvalue weighted by molar-refractivity contribution is 1.19. The maximum atomic E-state index is 2.49. The van der Waals surface area contributed by atoms with Gasteiger partial charge in [0, 0.05) is 118 Å². The van der Waals surface area contributed by atoms with Crippen LogP contribution in [0.1, 0.15) is 0 Å². The first-order valence-electron chi connectivity index (χ1n) is 41.7. The Kier molecular flexibility index (Phi) is 17.0. The van der Waals surface area contributed by atoms with Gasteiger partial charge >= 0.3 is 0 Å². The summed E-state index contributed by atoms with van der Waals surface area (Å²) < 4.78 is 10.1. The summed E-state index contributed by atoms with van der Waals surface area (Å²) in [4.78, 5) is 4.86. The maximum Gasteiger partial charge on any atom is 0.0541 e. The number of benzene rings is 20. The molecule has 0 fully saturated rings. The number of thiophene rings is 2. The number of para-hydroxylation sites is 2. The summed E-state index contributed by atoms with van der Waals surface area (Å²) in [5, 5.41) is 14.7. The average molecular weight is 1590 g/mol. The summed E-state index contributed by atoms with van der Waals surface area (Å²) in [5.41, 5.74) is 29.8. The van der Waals surface area contributed by atoms with Gasteiger partial charge in [-0.1, -0.05) is 303 Å². The molecule has 122 heavy (non-hydrogen) atoms. The molecule has 0 spiro atoms. The molecule has 4 nitrogen and oxygen atoms in total. The molecule has 6 heteroatoms. The summed E-state index contributed by atoms with van der Waals surface area (Å²) in [7, 11) is 0. The lowest BCUT2D eigenvalue weighted by atomic mass is 9.95. The highest BCUT2D eigenvalue weighted by atomic mass is 32.1. The van der Waals surface area contributed by atoms with E-state index in [9.17, 15) is 0 Å². The molecule has 0 aliphatic carbocycles. The smallest absolute Gasteiger partial charge is 0.0541 e. The number of aromatic nitrogens is 2. The van der Waals surface area contributed by atoms with Gasteiger partial charge < -0.3 is 18.9 Å². The Labute approximate surface area is 714 Å². The minimum absolute atomic E-state index is 1.06. The van der Waals surface area contributed by atoms with Crippen molar-refractivity contribution in [1.82, 2.24) is 9.13 Å². The average Bonchev–Trinajstić information content (AvgIpc) is 1.57. The Morgan fingerprint density at radius 2 is 0.533 bits per heavy atom. The molecule has 4 heterocycles. The molecule has 0 radical (unpaired) electrons. The Bertz CT molecular complexity index is 8220. The third kappa shape index (κ3) is 12.2. The molecule has 0 bridgehead atoms. The summed E-state index contributed by atoms with van der Waals surface area (Å²) >= 11 is 3.76. The first-order chi connectivity index (χ1) is 60.4. The zero-order valence-corrected chi connectivity index (χ0v) is 68.0. The van der Waals surface area contributed by atoms with Crippen LogP contribution in [0.2, 0.25) is 0 Å². The predicted octanol–water partition coefficient (Wildman–Crippen LogP) is 33.5. The van der Waals surface area contributed by atoms with Gasteiger partial charge in [0.25, 0.3) is 0 Å². The van der Waals surface area contributed by atoms with E-state index in [1.807, 2.05) is 22.7 Å². The van der Waals surface area contributed by atoms with Crippen LogP contribution in [0.3, 0.4) is 0 Å². The lowest BCUT2D eigenvalue weighted by Crippen LogP contribution is -2.11. The van der Waals surface area contributed by atoms with Crippen LogP contribution >= 0.6 is 22.7 Å². The fraction of sp³-hybridized carbons (Fsp3) is 0. The zero-order chi connectivity index (χ0) is 80.3. The molecule has 24 aromatic rings. The van der Waals surface area contributed by atoms with Crippen molar-refractivity contribution in [2.75, 3.05) is 9.80 Å². The second kappa shape index (κ2) is 29.3. The van der Waals surface area contributed by atoms with Crippen LogP contribution in [0, 0.1) is 0 Å². The van der Waals surface area contributed by atoms with Crippen LogP contribution < -0.4 is 9.80 Å². The molecule has 0 saturated carbocycles. The van der Waals surface area contributed by atoms with Gasteiger partial charge in [-0.3, -0.25) is 0 Å². The number of hydrogen-bond acceptors (Lipinski definition) is 4. The van der Waals surface area contributed by atoms with E-state index >= 15 is 0 Å². The summed E-state index contributed by atoms with van der Waals surface area (Å²) in [6.07, 6.45) is 0. The minimum Gasteiger partial charge on any atom is -0.310 e. The van der Waals surface area contributed by atoms with Crippen molar-refractivity contribution in [2.45, 2.75) is 0 Å². The van der Waals surface area contributed by atoms with E-state index in [1.54, 1.807) is 0 Å². The third-order valence-electron chi connectivity index (χ3n) is 24.8. The van der Waals surface area contributed by atoms with Gasteiger partial charge in [-0.2, -0.15) is 0 Å². The minimum atomic E-state index is 1.06. The molecule has 0 aliphatic rings. The lowest BCUT2D eigenvalue weighted by Gasteiger charge is -2.28. The van der Waals surface area contributed by atoms with E-state index in [4.69, 9.17) is 0 Å². The van der Waals surface area contributed by atoms with Crippen molar-refractivity contribution in [3.63, 3.8) is 0 Å². The number of fused-ring (bicyclic) bond motifs is 14. The third-order valence-corrected chi connectivity index (χ3v) is 27.3. The maximum absolute atomic E-state index is 2.49. The fourth-order valence-electron chi connectivity index (χ4n) is 19.0. The van der Waals surface area contributed by atoms with Gasteiger partial charge in [0.15, 0.2) is 0 Å². The van der Waals surface area contributed by atoms with Crippen LogP contribution in [-0.2, 0) is 0 Å². The Morgan fingerprint density at radius 1 is 0.172 bits per heavy atom. The van der Waals surface area contributed by atoms with Crippen molar-refractivity contribution in [3.05, 3.63) is 449 Å². The first kappa shape index (κ1) is 70.7. The van der Waals surface area contributed by atoms with Crippen LogP contribution in [-0.4, -0.2) is 9.13 Å². The molecular weight excluding hydrogens is 1510 g/mol. The molecule has 0 aliphatic heterocycles. The van der Waals surface area contributed by atoms with Crippen LogP contribution in [0.4, 0.5) is 34.1 Å². The van der Waals surface area contributed by atoms with Crippen molar-refractivity contribution in [1.29, 1.82) is 0 Å². The number of rotatable bonds is 15. The predicted molar refractivity (Wildman–Crippen MR) is 523 cm³/mol. The molecule has 20 aromatic carbocycles. The standard InChI is InChI=1S/C116H74N4S2/c1-4-23-75(24-5-1)79-47-56-90(57-48-79)117(93-62-49-78-29-10-11-31-85(78)66-93)91-58-50-83(51-59-91)102-71-95(73-106-100-36-16-20-41-113(100)121-115(102)106)120-110-39-19-15-35-99(110)105-70-87(55-64-112(105)120)80-43-45-81(46-44-80)89-65-88(77-27-8-3-9-28-77)67-94(68-89)118(108-40-22-32-82-30-12-13-33-97(82)108)92-60-52-84(53-61-92)103-72-96(74-107-101-37-17-21-42-114(101)122-116(103)107)119-109-38-18-14-34-98(109)104-69-86(54-63-111(104)119)76-25-6-2-7-26-76/h1-74H. The number of anilines is 6. The molecule has 570 valence electrons. The molecule has 4 aromatic heterocycles. The highest BCUT2D eigenvalue weighted by Crippen LogP contribution is 2.50. The van der Waals surface area contributed by atoms with Gasteiger partial charge in [-0.25, -0.2) is 0 Å².